The summed E-state index contributed by atoms with van der Waals surface area (Å²) in [4.78, 5) is 0. The van der Waals surface area contributed by atoms with Crippen LogP contribution in [-0.4, -0.2) is 15.8 Å². The van der Waals surface area contributed by atoms with Crippen molar-refractivity contribution < 1.29 is 10.2 Å². The first-order chi connectivity index (χ1) is 7.58. The Kier molecular flexibility index (Phi) is 5.07. The third-order valence-corrected chi connectivity index (χ3v) is 3.36. The maximum atomic E-state index is 10.1. The van der Waals surface area contributed by atoms with E-state index in [0.717, 1.165) is 12.8 Å². The molecule has 1 rings (SSSR count). The van der Waals surface area contributed by atoms with E-state index in [2.05, 4.69) is 6.92 Å². The Bertz CT molecular complexity index is 264. The number of aliphatic hydroxyl groups excluding tert-OH is 1. The third kappa shape index (κ3) is 3.67. The molecule has 16 heavy (non-hydrogen) atoms. The van der Waals surface area contributed by atoms with Gasteiger partial charge in [0, 0.05) is 5.92 Å². The second-order valence-corrected chi connectivity index (χ2v) is 4.93. The summed E-state index contributed by atoms with van der Waals surface area (Å²) in [6, 6.07) is 0. The highest BCUT2D eigenvalue weighted by molar-refractivity contribution is 5.23. The quantitative estimate of drug-likeness (QED) is 0.675. The first-order valence-electron chi connectivity index (χ1n) is 6.38. The van der Waals surface area contributed by atoms with Gasteiger partial charge in [0.25, 0.3) is 0 Å². The Morgan fingerprint density at radius 3 is 2.56 bits per heavy atom. The van der Waals surface area contributed by atoms with Crippen molar-refractivity contribution in [3.63, 3.8) is 0 Å². The summed E-state index contributed by atoms with van der Waals surface area (Å²) in [7, 11) is 0. The summed E-state index contributed by atoms with van der Waals surface area (Å²) in [5.74, 6) is 0.196. The van der Waals surface area contributed by atoms with Gasteiger partial charge in [0.15, 0.2) is 0 Å². The number of allylic oxidation sites excluding steroid dienone is 2. The fraction of sp³-hybridized carbons (Fsp3) is 0.714. The van der Waals surface area contributed by atoms with Crippen molar-refractivity contribution in [3.05, 3.63) is 24.0 Å². The minimum Gasteiger partial charge on any atom is -0.512 e. The molecule has 2 N–H and O–H groups in total. The van der Waals surface area contributed by atoms with E-state index in [9.17, 15) is 10.2 Å². The smallest absolute Gasteiger partial charge is 0.0985 e. The fourth-order valence-electron chi connectivity index (χ4n) is 2.27. The van der Waals surface area contributed by atoms with Gasteiger partial charge in [-0.3, -0.25) is 0 Å². The molecule has 0 heterocycles. The zero-order chi connectivity index (χ0) is 12.0. The van der Waals surface area contributed by atoms with E-state index in [1.54, 1.807) is 25.2 Å². The summed E-state index contributed by atoms with van der Waals surface area (Å²) in [6.07, 6.45) is 12.1. The molecule has 0 aromatic carbocycles. The van der Waals surface area contributed by atoms with Gasteiger partial charge < -0.3 is 10.2 Å². The first kappa shape index (κ1) is 13.3. The zero-order valence-electron chi connectivity index (χ0n) is 10.4. The Balaban J connectivity index is 2.35. The molecule has 0 fully saturated rings. The molecule has 0 aliphatic heterocycles. The van der Waals surface area contributed by atoms with Crippen LogP contribution in [0.5, 0.6) is 0 Å². The molecular weight excluding hydrogens is 200 g/mol. The Morgan fingerprint density at radius 2 is 1.94 bits per heavy atom. The lowest BCUT2D eigenvalue weighted by Crippen LogP contribution is -2.35. The van der Waals surface area contributed by atoms with E-state index < -0.39 is 5.60 Å². The normalized spacial score (nSPS) is 29.2. The van der Waals surface area contributed by atoms with Gasteiger partial charge >= 0.3 is 0 Å². The van der Waals surface area contributed by atoms with E-state index in [1.807, 2.05) is 0 Å². The van der Waals surface area contributed by atoms with Gasteiger partial charge in [-0.05, 0) is 19.4 Å². The Morgan fingerprint density at radius 1 is 1.25 bits per heavy atom. The minimum absolute atomic E-state index is 0.126. The van der Waals surface area contributed by atoms with Crippen LogP contribution in [0.2, 0.25) is 0 Å². The number of aliphatic hydroxyl groups is 2. The van der Waals surface area contributed by atoms with Crippen molar-refractivity contribution in [2.75, 3.05) is 0 Å². The van der Waals surface area contributed by atoms with Crippen molar-refractivity contribution >= 4 is 0 Å². The maximum Gasteiger partial charge on any atom is 0.0985 e. The summed E-state index contributed by atoms with van der Waals surface area (Å²) >= 11 is 0. The van der Waals surface area contributed by atoms with E-state index in [0.29, 0.717) is 5.76 Å². The topological polar surface area (TPSA) is 40.5 Å². The van der Waals surface area contributed by atoms with Crippen LogP contribution in [0, 0.1) is 5.92 Å². The number of hydrogen-bond donors (Lipinski definition) is 2. The van der Waals surface area contributed by atoms with Crippen LogP contribution in [0.3, 0.4) is 0 Å². The lowest BCUT2D eigenvalue weighted by molar-refractivity contribution is 0.0359. The third-order valence-electron chi connectivity index (χ3n) is 3.36. The number of hydrogen-bond acceptors (Lipinski definition) is 2. The summed E-state index contributed by atoms with van der Waals surface area (Å²) in [6.45, 7) is 3.97. The van der Waals surface area contributed by atoms with Crippen LogP contribution in [0.15, 0.2) is 24.0 Å². The zero-order valence-corrected chi connectivity index (χ0v) is 10.4. The predicted octanol–water partition coefficient (Wildman–Crippen LogP) is 3.73. The SMILES string of the molecule is CCCCCCCC1C(O)=CC=CC1(C)O. The van der Waals surface area contributed by atoms with Crippen LogP contribution in [0.25, 0.3) is 0 Å². The fourth-order valence-corrected chi connectivity index (χ4v) is 2.27. The van der Waals surface area contributed by atoms with Crippen molar-refractivity contribution in [2.45, 2.75) is 58.0 Å². The molecule has 0 saturated heterocycles. The van der Waals surface area contributed by atoms with E-state index in [1.165, 1.54) is 25.7 Å². The lowest BCUT2D eigenvalue weighted by Gasteiger charge is -2.32. The van der Waals surface area contributed by atoms with Crippen LogP contribution in [0.1, 0.15) is 52.4 Å². The molecule has 1 aliphatic carbocycles. The summed E-state index contributed by atoms with van der Waals surface area (Å²) in [5, 5.41) is 19.9. The van der Waals surface area contributed by atoms with Crippen molar-refractivity contribution in [2.24, 2.45) is 5.92 Å². The summed E-state index contributed by atoms with van der Waals surface area (Å²) in [5.41, 5.74) is -0.885. The second kappa shape index (κ2) is 6.09. The average molecular weight is 224 g/mol. The van der Waals surface area contributed by atoms with Crippen LogP contribution in [-0.2, 0) is 0 Å². The highest BCUT2D eigenvalue weighted by atomic mass is 16.3. The average Bonchev–Trinajstić information content (AvgIpc) is 2.21. The van der Waals surface area contributed by atoms with Crippen molar-refractivity contribution in [3.8, 4) is 0 Å². The van der Waals surface area contributed by atoms with Gasteiger partial charge in [0.05, 0.1) is 11.4 Å². The first-order valence-corrected chi connectivity index (χ1v) is 6.38. The molecule has 2 heteroatoms. The molecule has 0 saturated carbocycles. The van der Waals surface area contributed by atoms with Gasteiger partial charge in [-0.1, -0.05) is 51.2 Å². The molecule has 1 aliphatic rings. The summed E-state index contributed by atoms with van der Waals surface area (Å²) < 4.78 is 0. The lowest BCUT2D eigenvalue weighted by atomic mass is 9.80. The molecule has 2 nitrogen and oxygen atoms in total. The van der Waals surface area contributed by atoms with Gasteiger partial charge in [0.2, 0.25) is 0 Å². The monoisotopic (exact) mass is 224 g/mol. The molecule has 0 radical (unpaired) electrons. The minimum atomic E-state index is -0.885. The van der Waals surface area contributed by atoms with Crippen LogP contribution < -0.4 is 0 Å². The highest BCUT2D eigenvalue weighted by Crippen LogP contribution is 2.32. The molecule has 0 aromatic heterocycles. The van der Waals surface area contributed by atoms with Gasteiger partial charge in [-0.25, -0.2) is 0 Å². The Labute approximate surface area is 98.7 Å². The molecule has 0 aromatic rings. The van der Waals surface area contributed by atoms with Crippen LogP contribution in [0.4, 0.5) is 0 Å². The number of unbranched alkanes of at least 4 members (excludes halogenated alkanes) is 4. The van der Waals surface area contributed by atoms with Gasteiger partial charge in [0.1, 0.15) is 0 Å². The van der Waals surface area contributed by atoms with E-state index in [4.69, 9.17) is 0 Å². The van der Waals surface area contributed by atoms with Crippen LogP contribution >= 0.6 is 0 Å². The standard InChI is InChI=1S/C14H24O2/c1-3-4-5-6-7-9-12-13(15)10-8-11-14(12,2)16/h8,10-12,15-16H,3-7,9H2,1-2H3. The molecule has 92 valence electrons. The molecule has 0 bridgehead atoms. The second-order valence-electron chi connectivity index (χ2n) is 4.93. The highest BCUT2D eigenvalue weighted by Gasteiger charge is 2.33. The molecule has 2 atom stereocenters. The molecule has 0 amide bonds. The Hall–Kier alpha value is -0.760. The van der Waals surface area contributed by atoms with E-state index >= 15 is 0 Å². The van der Waals surface area contributed by atoms with Crippen molar-refractivity contribution in [1.82, 2.24) is 0 Å². The molecule has 0 spiro atoms. The largest absolute Gasteiger partial charge is 0.512 e. The van der Waals surface area contributed by atoms with Gasteiger partial charge in [-0.15, -0.1) is 0 Å². The van der Waals surface area contributed by atoms with Gasteiger partial charge in [-0.2, -0.15) is 0 Å². The van der Waals surface area contributed by atoms with Crippen molar-refractivity contribution in [1.29, 1.82) is 0 Å². The van der Waals surface area contributed by atoms with E-state index in [-0.39, 0.29) is 5.92 Å². The predicted molar refractivity (Wildman–Crippen MR) is 67.3 cm³/mol. The molecular formula is C14H24O2. The maximum absolute atomic E-state index is 10.1. The molecule has 2 unspecified atom stereocenters. The number of rotatable bonds is 6.